The molecule has 4 aliphatic carbocycles. The van der Waals surface area contributed by atoms with E-state index in [4.69, 9.17) is 0 Å². The van der Waals surface area contributed by atoms with Crippen molar-refractivity contribution >= 4 is 35.4 Å². The van der Waals surface area contributed by atoms with E-state index in [2.05, 4.69) is 36.7 Å². The van der Waals surface area contributed by atoms with Gasteiger partial charge in [-0.1, -0.05) is 20.8 Å². The van der Waals surface area contributed by atoms with Gasteiger partial charge < -0.3 is 16.0 Å². The van der Waals surface area contributed by atoms with Gasteiger partial charge in [-0.3, -0.25) is 44.4 Å². The molecule has 0 heterocycles. The van der Waals surface area contributed by atoms with Crippen LogP contribution in [0.25, 0.3) is 0 Å². The first-order valence-corrected chi connectivity index (χ1v) is 20.2. The number of carbonyl (C=O) groups excluding carboxylic acids is 6. The zero-order valence-corrected chi connectivity index (χ0v) is 33.3. The molecule has 4 saturated carbocycles. The van der Waals surface area contributed by atoms with Gasteiger partial charge in [0.15, 0.2) is 0 Å². The minimum atomic E-state index is -0.553. The molecule has 0 aromatic heterocycles. The van der Waals surface area contributed by atoms with Gasteiger partial charge in [-0.05, 0) is 113 Å². The Morgan fingerprint density at radius 1 is 0.481 bits per heavy atom. The highest BCUT2D eigenvalue weighted by atomic mass is 16.5. The van der Waals surface area contributed by atoms with Gasteiger partial charge >= 0.3 is 0 Å². The lowest BCUT2D eigenvalue weighted by Gasteiger charge is -2.68. The number of amides is 6. The summed E-state index contributed by atoms with van der Waals surface area (Å²) in [7, 11) is 0. The van der Waals surface area contributed by atoms with E-state index in [9.17, 15) is 44.4 Å². The highest BCUT2D eigenvalue weighted by Crippen LogP contribution is 2.73. The molecule has 0 unspecified atom stereocenters. The molecular weight excluding hydrogens is 696 g/mol. The average Bonchev–Trinajstić information content (AvgIpc) is 3.07. The lowest BCUT2D eigenvalue weighted by molar-refractivity contribution is -0.191. The fourth-order valence-corrected chi connectivity index (χ4v) is 10.4. The van der Waals surface area contributed by atoms with Crippen LogP contribution in [0.4, 0.5) is 0 Å². The van der Waals surface area contributed by atoms with E-state index < -0.39 is 17.7 Å². The van der Waals surface area contributed by atoms with Gasteiger partial charge in [0.25, 0.3) is 0 Å². The summed E-state index contributed by atoms with van der Waals surface area (Å²) in [6.07, 6.45) is 12.1. The van der Waals surface area contributed by atoms with Crippen molar-refractivity contribution < 1.29 is 44.4 Å². The number of hydroxylamine groups is 6. The molecule has 6 amide bonds. The molecule has 0 aromatic rings. The number of nitrogens with one attached hydrogen (secondary N) is 3. The van der Waals surface area contributed by atoms with Gasteiger partial charge in [-0.15, -0.1) is 0 Å². The van der Waals surface area contributed by atoms with Crippen molar-refractivity contribution in [3.8, 4) is 0 Å². The number of nitrogens with zero attached hydrogens (tertiary/aromatic N) is 3. The third-order valence-electron chi connectivity index (χ3n) is 11.5. The number of rotatable bonds is 25. The monoisotopic (exact) mass is 765 g/mol. The maximum absolute atomic E-state index is 13.5. The molecule has 0 atom stereocenters. The summed E-state index contributed by atoms with van der Waals surface area (Å²) >= 11 is 0. The minimum absolute atomic E-state index is 0.0448. The molecule has 15 nitrogen and oxygen atoms in total. The van der Waals surface area contributed by atoms with Gasteiger partial charge in [0, 0.05) is 71.9 Å². The van der Waals surface area contributed by atoms with Crippen molar-refractivity contribution in [2.75, 3.05) is 39.3 Å². The lowest BCUT2D eigenvalue weighted by Crippen LogP contribution is -2.62. The second-order valence-corrected chi connectivity index (χ2v) is 17.6. The van der Waals surface area contributed by atoms with E-state index in [0.717, 1.165) is 32.1 Å². The standard InChI is InChI=1S/C39H68N6O9/c1-30(46)43(52)21-11-5-8-18-40-31(47)14-16-33(49)44(53)22-12-6-9-19-41-32(48)15-17-34(50)45(54)23-13-7-10-20-42-35(51)39-27-36(2)24-37(3,28-39)26-38(4,25-36)29-39/h52-54H,5-29H2,1-4H3,(H,40,47)(H,41,48)(H,42,51). The molecule has 4 fully saturated rings. The van der Waals surface area contributed by atoms with E-state index in [0.29, 0.717) is 79.8 Å². The summed E-state index contributed by atoms with van der Waals surface area (Å²) in [4.78, 5) is 73.0. The smallest absolute Gasteiger partial charge is 0.246 e. The normalized spacial score (nSPS) is 25.2. The van der Waals surface area contributed by atoms with Gasteiger partial charge in [0.1, 0.15) is 0 Å². The van der Waals surface area contributed by atoms with Crippen LogP contribution >= 0.6 is 0 Å². The van der Waals surface area contributed by atoms with Crippen molar-refractivity contribution in [3.05, 3.63) is 0 Å². The molecule has 4 rings (SSSR count). The number of hydrogen-bond donors (Lipinski definition) is 6. The Hall–Kier alpha value is -3.30. The Balaban J connectivity index is 1.13. The van der Waals surface area contributed by atoms with Crippen LogP contribution in [-0.2, 0) is 28.8 Å². The molecule has 0 saturated heterocycles. The summed E-state index contributed by atoms with van der Waals surface area (Å²) in [6.45, 7) is 10.3. The van der Waals surface area contributed by atoms with Crippen LogP contribution in [0.5, 0.6) is 0 Å². The topological polar surface area (TPSA) is 209 Å². The van der Waals surface area contributed by atoms with E-state index in [1.807, 2.05) is 0 Å². The third-order valence-corrected chi connectivity index (χ3v) is 11.5. The quantitative estimate of drug-likeness (QED) is 0.0440. The molecule has 15 heteroatoms. The maximum Gasteiger partial charge on any atom is 0.246 e. The Labute approximate surface area is 321 Å². The zero-order valence-electron chi connectivity index (χ0n) is 33.3. The molecule has 4 aliphatic rings. The third kappa shape index (κ3) is 14.4. The molecule has 0 aromatic carbocycles. The fraction of sp³-hybridized carbons (Fsp3) is 0.846. The predicted octanol–water partition coefficient (Wildman–Crippen LogP) is 4.47. The van der Waals surface area contributed by atoms with Crippen molar-refractivity contribution in [1.82, 2.24) is 31.1 Å². The first kappa shape index (κ1) is 45.1. The minimum Gasteiger partial charge on any atom is -0.356 e. The van der Waals surface area contributed by atoms with Crippen LogP contribution in [0.15, 0.2) is 0 Å². The van der Waals surface area contributed by atoms with Crippen LogP contribution in [0, 0.1) is 21.7 Å². The van der Waals surface area contributed by atoms with Crippen molar-refractivity contribution in [1.29, 1.82) is 0 Å². The summed E-state index contributed by atoms with van der Waals surface area (Å²) in [6, 6.07) is 0. The second kappa shape index (κ2) is 20.6. The zero-order chi connectivity index (χ0) is 40.0. The molecular formula is C39H68N6O9. The SMILES string of the molecule is CC(=O)N(O)CCCCCNC(=O)CCC(=O)N(O)CCCCCNC(=O)CCC(=O)N(O)CCCCCNC(=O)C12CC3(C)CC(C)(CC(C)(C3)C1)C2. The Bertz CT molecular complexity index is 1260. The van der Waals surface area contributed by atoms with Gasteiger partial charge in [0.2, 0.25) is 35.4 Å². The second-order valence-electron chi connectivity index (χ2n) is 17.6. The number of hydrogen-bond acceptors (Lipinski definition) is 9. The van der Waals surface area contributed by atoms with Crippen molar-refractivity contribution in [2.45, 2.75) is 150 Å². The summed E-state index contributed by atoms with van der Waals surface area (Å²) in [5.74, 6) is -1.89. The summed E-state index contributed by atoms with van der Waals surface area (Å²) in [5, 5.41) is 40.0. The van der Waals surface area contributed by atoms with E-state index in [-0.39, 0.29) is 84.7 Å². The average molecular weight is 765 g/mol. The first-order chi connectivity index (χ1) is 25.4. The van der Waals surface area contributed by atoms with Gasteiger partial charge in [-0.25, -0.2) is 15.2 Å². The lowest BCUT2D eigenvalue weighted by atomic mass is 9.36. The molecule has 4 bridgehead atoms. The van der Waals surface area contributed by atoms with E-state index in [1.54, 1.807) is 0 Å². The molecule has 54 heavy (non-hydrogen) atoms. The number of carbonyl (C=O) groups is 6. The Morgan fingerprint density at radius 2 is 0.833 bits per heavy atom. The van der Waals surface area contributed by atoms with Crippen LogP contribution in [0.1, 0.15) is 150 Å². The van der Waals surface area contributed by atoms with Crippen molar-refractivity contribution in [3.63, 3.8) is 0 Å². The maximum atomic E-state index is 13.5. The van der Waals surface area contributed by atoms with E-state index >= 15 is 0 Å². The first-order valence-electron chi connectivity index (χ1n) is 20.2. The van der Waals surface area contributed by atoms with Crippen LogP contribution in [0.2, 0.25) is 0 Å². The molecule has 6 N–H and O–H groups in total. The van der Waals surface area contributed by atoms with Crippen molar-refractivity contribution in [2.24, 2.45) is 21.7 Å². The summed E-state index contributed by atoms with van der Waals surface area (Å²) < 4.78 is 0. The fourth-order valence-electron chi connectivity index (χ4n) is 10.4. The van der Waals surface area contributed by atoms with Crippen LogP contribution in [-0.4, -0.2) is 106 Å². The van der Waals surface area contributed by atoms with Gasteiger partial charge in [-0.2, -0.15) is 0 Å². The molecule has 0 spiro atoms. The predicted molar refractivity (Wildman–Crippen MR) is 200 cm³/mol. The van der Waals surface area contributed by atoms with Gasteiger partial charge in [0.05, 0.1) is 5.41 Å². The highest BCUT2D eigenvalue weighted by Gasteiger charge is 2.66. The molecule has 0 aliphatic heterocycles. The van der Waals surface area contributed by atoms with Crippen LogP contribution in [0.3, 0.4) is 0 Å². The van der Waals surface area contributed by atoms with Crippen LogP contribution < -0.4 is 16.0 Å². The Kier molecular flexibility index (Phi) is 17.2. The Morgan fingerprint density at radius 3 is 1.20 bits per heavy atom. The summed E-state index contributed by atoms with van der Waals surface area (Å²) in [5.41, 5.74) is 0.498. The molecule has 0 radical (unpaired) electrons. The largest absolute Gasteiger partial charge is 0.356 e. The number of unbranched alkanes of at least 4 members (excludes halogenated alkanes) is 6. The van der Waals surface area contributed by atoms with E-state index in [1.165, 1.54) is 26.2 Å². The molecule has 308 valence electrons. The highest BCUT2D eigenvalue weighted by molar-refractivity contribution is 5.84.